The number of hydrogen-bond donors (Lipinski definition) is 0. The van der Waals surface area contributed by atoms with E-state index in [4.69, 9.17) is 16.3 Å². The van der Waals surface area contributed by atoms with Crippen LogP contribution in [0, 0.1) is 5.92 Å². The third-order valence-electron chi connectivity index (χ3n) is 2.93. The van der Waals surface area contributed by atoms with Crippen molar-refractivity contribution < 1.29 is 9.53 Å². The molecule has 0 aliphatic carbocycles. The predicted molar refractivity (Wildman–Crippen MR) is 64.2 cm³/mol. The quantitative estimate of drug-likeness (QED) is 0.754. The summed E-state index contributed by atoms with van der Waals surface area (Å²) in [6.07, 6.45) is 3.63. The minimum Gasteiger partial charge on any atom is -0.493 e. The molecule has 1 heterocycles. The summed E-state index contributed by atoms with van der Waals surface area (Å²) in [5.74, 6) is 1.08. The third kappa shape index (κ3) is 2.38. The minimum absolute atomic E-state index is 0.0936. The van der Waals surface area contributed by atoms with Gasteiger partial charge >= 0.3 is 0 Å². The molecule has 1 aromatic rings. The van der Waals surface area contributed by atoms with Crippen molar-refractivity contribution in [3.8, 4) is 5.75 Å². The van der Waals surface area contributed by atoms with E-state index in [2.05, 4.69) is 0 Å². The second-order valence-corrected chi connectivity index (χ2v) is 4.74. The van der Waals surface area contributed by atoms with Crippen LogP contribution in [0.2, 0.25) is 5.02 Å². The number of rotatable bonds is 4. The van der Waals surface area contributed by atoms with Crippen LogP contribution in [-0.2, 0) is 17.6 Å². The number of fused-ring (bicyclic) bond motifs is 1. The molecule has 3 heteroatoms. The van der Waals surface area contributed by atoms with E-state index >= 15 is 0 Å². The molecule has 1 unspecified atom stereocenters. The number of carbonyl (C=O) groups is 1. The van der Waals surface area contributed by atoms with Crippen LogP contribution in [0.1, 0.15) is 24.5 Å². The van der Waals surface area contributed by atoms with Gasteiger partial charge in [-0.15, -0.1) is 0 Å². The van der Waals surface area contributed by atoms with Crippen molar-refractivity contribution in [2.45, 2.75) is 26.2 Å². The fourth-order valence-corrected chi connectivity index (χ4v) is 2.25. The van der Waals surface area contributed by atoms with Gasteiger partial charge in [0.1, 0.15) is 12.0 Å². The third-order valence-corrected chi connectivity index (χ3v) is 3.14. The van der Waals surface area contributed by atoms with Gasteiger partial charge in [0, 0.05) is 17.4 Å². The molecular weight excluding hydrogens is 224 g/mol. The van der Waals surface area contributed by atoms with E-state index in [0.717, 1.165) is 48.5 Å². The lowest BCUT2D eigenvalue weighted by Gasteiger charge is -2.09. The van der Waals surface area contributed by atoms with E-state index in [1.54, 1.807) is 0 Å². The SMILES string of the molecule is CC(C=O)CCc1cc(Cl)cc2c1OCC2. The summed E-state index contributed by atoms with van der Waals surface area (Å²) in [5.41, 5.74) is 2.33. The van der Waals surface area contributed by atoms with Crippen molar-refractivity contribution in [2.75, 3.05) is 6.61 Å². The summed E-state index contributed by atoms with van der Waals surface area (Å²) in [6, 6.07) is 3.92. The van der Waals surface area contributed by atoms with Crippen LogP contribution in [0.4, 0.5) is 0 Å². The van der Waals surface area contributed by atoms with Gasteiger partial charge in [-0.05, 0) is 36.1 Å². The first kappa shape index (κ1) is 11.5. The topological polar surface area (TPSA) is 26.3 Å². The molecule has 0 aromatic heterocycles. The Morgan fingerprint density at radius 1 is 1.56 bits per heavy atom. The summed E-state index contributed by atoms with van der Waals surface area (Å²) in [5, 5.41) is 0.762. The standard InChI is InChI=1S/C13H15ClO2/c1-9(8-15)2-3-10-6-12(14)7-11-4-5-16-13(10)11/h6-9H,2-5H2,1H3. The van der Waals surface area contributed by atoms with Crippen molar-refractivity contribution >= 4 is 17.9 Å². The van der Waals surface area contributed by atoms with Crippen LogP contribution < -0.4 is 4.74 Å². The highest BCUT2D eigenvalue weighted by Crippen LogP contribution is 2.33. The van der Waals surface area contributed by atoms with Gasteiger partial charge in [0.15, 0.2) is 0 Å². The zero-order valence-corrected chi connectivity index (χ0v) is 10.1. The fraction of sp³-hybridized carbons (Fsp3) is 0.462. The Bertz CT molecular complexity index is 401. The highest BCUT2D eigenvalue weighted by molar-refractivity contribution is 6.30. The van der Waals surface area contributed by atoms with E-state index < -0.39 is 0 Å². The maximum Gasteiger partial charge on any atom is 0.125 e. The zero-order valence-electron chi connectivity index (χ0n) is 9.33. The van der Waals surface area contributed by atoms with E-state index in [9.17, 15) is 4.79 Å². The first-order valence-corrected chi connectivity index (χ1v) is 5.98. The first-order chi connectivity index (χ1) is 7.70. The van der Waals surface area contributed by atoms with Crippen LogP contribution in [0.5, 0.6) is 5.75 Å². The number of ether oxygens (including phenoxy) is 1. The molecule has 2 rings (SSSR count). The lowest BCUT2D eigenvalue weighted by Crippen LogP contribution is -2.00. The number of aryl methyl sites for hydroxylation is 1. The molecule has 1 aromatic carbocycles. The highest BCUT2D eigenvalue weighted by atomic mass is 35.5. The van der Waals surface area contributed by atoms with Crippen molar-refractivity contribution in [2.24, 2.45) is 5.92 Å². The molecule has 0 saturated heterocycles. The van der Waals surface area contributed by atoms with E-state index in [0.29, 0.717) is 0 Å². The molecule has 16 heavy (non-hydrogen) atoms. The Morgan fingerprint density at radius 2 is 2.38 bits per heavy atom. The average Bonchev–Trinajstić information content (AvgIpc) is 2.73. The molecule has 0 saturated carbocycles. The van der Waals surface area contributed by atoms with Gasteiger partial charge in [-0.1, -0.05) is 18.5 Å². The number of carbonyl (C=O) groups excluding carboxylic acids is 1. The Labute approximate surface area is 101 Å². The molecule has 0 spiro atoms. The lowest BCUT2D eigenvalue weighted by molar-refractivity contribution is -0.110. The Morgan fingerprint density at radius 3 is 3.12 bits per heavy atom. The van der Waals surface area contributed by atoms with E-state index in [1.807, 2.05) is 19.1 Å². The monoisotopic (exact) mass is 238 g/mol. The molecule has 0 bridgehead atoms. The first-order valence-electron chi connectivity index (χ1n) is 5.60. The Kier molecular flexibility index (Phi) is 3.49. The summed E-state index contributed by atoms with van der Waals surface area (Å²) >= 11 is 6.05. The summed E-state index contributed by atoms with van der Waals surface area (Å²) in [4.78, 5) is 10.6. The van der Waals surface area contributed by atoms with Crippen molar-refractivity contribution in [1.82, 2.24) is 0 Å². The average molecular weight is 239 g/mol. The molecular formula is C13H15ClO2. The fourth-order valence-electron chi connectivity index (χ4n) is 1.98. The number of benzene rings is 1. The van der Waals surface area contributed by atoms with Crippen molar-refractivity contribution in [3.05, 3.63) is 28.3 Å². The van der Waals surface area contributed by atoms with Crippen molar-refractivity contribution in [3.63, 3.8) is 0 Å². The van der Waals surface area contributed by atoms with Gasteiger partial charge in [0.25, 0.3) is 0 Å². The molecule has 0 fully saturated rings. The molecule has 86 valence electrons. The van der Waals surface area contributed by atoms with Gasteiger partial charge in [-0.25, -0.2) is 0 Å². The summed E-state index contributed by atoms with van der Waals surface area (Å²) in [7, 11) is 0. The summed E-state index contributed by atoms with van der Waals surface area (Å²) < 4.78 is 5.60. The van der Waals surface area contributed by atoms with Gasteiger partial charge in [0.2, 0.25) is 0 Å². The molecule has 0 amide bonds. The van der Waals surface area contributed by atoms with Crippen LogP contribution in [0.3, 0.4) is 0 Å². The van der Waals surface area contributed by atoms with Crippen LogP contribution in [0.25, 0.3) is 0 Å². The second kappa shape index (κ2) is 4.88. The van der Waals surface area contributed by atoms with E-state index in [1.165, 1.54) is 5.56 Å². The Balaban J connectivity index is 2.17. The minimum atomic E-state index is 0.0936. The predicted octanol–water partition coefficient (Wildman–Crippen LogP) is 3.04. The molecule has 0 N–H and O–H groups in total. The van der Waals surface area contributed by atoms with Gasteiger partial charge < -0.3 is 9.53 Å². The van der Waals surface area contributed by atoms with Crippen LogP contribution in [0.15, 0.2) is 12.1 Å². The van der Waals surface area contributed by atoms with Crippen LogP contribution in [-0.4, -0.2) is 12.9 Å². The van der Waals surface area contributed by atoms with Gasteiger partial charge in [-0.3, -0.25) is 0 Å². The Hall–Kier alpha value is -1.02. The number of hydrogen-bond acceptors (Lipinski definition) is 2. The van der Waals surface area contributed by atoms with E-state index in [-0.39, 0.29) is 5.92 Å². The number of halogens is 1. The molecule has 1 atom stereocenters. The summed E-state index contributed by atoms with van der Waals surface area (Å²) in [6.45, 7) is 2.67. The maximum atomic E-state index is 10.6. The normalized spacial score (nSPS) is 15.4. The molecule has 2 nitrogen and oxygen atoms in total. The number of aldehydes is 1. The lowest BCUT2D eigenvalue weighted by atomic mass is 9.99. The molecule has 1 aliphatic heterocycles. The second-order valence-electron chi connectivity index (χ2n) is 4.30. The highest BCUT2D eigenvalue weighted by Gasteiger charge is 2.17. The molecule has 0 radical (unpaired) electrons. The smallest absolute Gasteiger partial charge is 0.125 e. The van der Waals surface area contributed by atoms with Gasteiger partial charge in [0.05, 0.1) is 6.61 Å². The zero-order chi connectivity index (χ0) is 11.5. The largest absolute Gasteiger partial charge is 0.493 e. The van der Waals surface area contributed by atoms with Gasteiger partial charge in [-0.2, -0.15) is 0 Å². The maximum absolute atomic E-state index is 10.6. The van der Waals surface area contributed by atoms with Crippen LogP contribution >= 0.6 is 11.6 Å². The van der Waals surface area contributed by atoms with Crippen molar-refractivity contribution in [1.29, 1.82) is 0 Å². The molecule has 1 aliphatic rings.